The highest BCUT2D eigenvalue weighted by molar-refractivity contribution is 7.86. The maximum absolute atomic E-state index is 13.9. The van der Waals surface area contributed by atoms with E-state index in [-0.39, 0.29) is 24.0 Å². The number of nitrogen functional groups attached to an aromatic ring is 1. The van der Waals surface area contributed by atoms with Crippen LogP contribution in [0.5, 0.6) is 5.75 Å². The number of fused-ring (bicyclic) bond motifs is 1. The van der Waals surface area contributed by atoms with Gasteiger partial charge in [0, 0.05) is 22.5 Å². The summed E-state index contributed by atoms with van der Waals surface area (Å²) >= 11 is 6.24. The SMILES string of the molecule is COc1cc(N)ccc1C(=O)N1c2ccc(Cl)cc2CCCC1OCCOS(=O)(=O)c1ccc(C)cc1. The number of methoxy groups -OCH3 is 1. The normalized spacial score (nSPS) is 15.6. The summed E-state index contributed by atoms with van der Waals surface area (Å²) in [6, 6.07) is 16.6. The Kier molecular flexibility index (Phi) is 8.39. The van der Waals surface area contributed by atoms with Crippen LogP contribution in [0.2, 0.25) is 5.02 Å². The zero-order valence-corrected chi connectivity index (χ0v) is 22.2. The maximum Gasteiger partial charge on any atom is 0.297 e. The van der Waals surface area contributed by atoms with Crippen molar-refractivity contribution < 1.29 is 26.9 Å². The Bertz CT molecular complexity index is 1380. The van der Waals surface area contributed by atoms with Crippen LogP contribution < -0.4 is 15.4 Å². The van der Waals surface area contributed by atoms with Gasteiger partial charge < -0.3 is 15.2 Å². The number of hydrogen-bond acceptors (Lipinski definition) is 7. The molecule has 3 aromatic rings. The maximum atomic E-state index is 13.9. The predicted octanol–water partition coefficient (Wildman–Crippen LogP) is 4.97. The van der Waals surface area contributed by atoms with Crippen molar-refractivity contribution in [3.05, 3.63) is 82.4 Å². The number of anilines is 2. The molecule has 196 valence electrons. The number of halogens is 1. The van der Waals surface area contributed by atoms with E-state index in [2.05, 4.69) is 0 Å². The van der Waals surface area contributed by atoms with E-state index in [4.69, 9.17) is 31.0 Å². The number of benzene rings is 3. The fourth-order valence-electron chi connectivity index (χ4n) is 4.25. The summed E-state index contributed by atoms with van der Waals surface area (Å²) < 4.78 is 41.7. The highest BCUT2D eigenvalue weighted by Crippen LogP contribution is 2.35. The standard InChI is InChI=1S/C27H29ClN2O6S/c1-18-6-10-22(11-7-18)37(32,33)36-15-14-35-26-5-3-4-19-16-20(28)8-13-24(19)30(26)27(31)23-12-9-21(29)17-25(23)34-2/h6-13,16-17,26H,3-5,14-15,29H2,1-2H3. The van der Waals surface area contributed by atoms with Crippen LogP contribution in [0, 0.1) is 6.92 Å². The molecule has 8 nitrogen and oxygen atoms in total. The van der Waals surface area contributed by atoms with Gasteiger partial charge in [0.25, 0.3) is 16.0 Å². The van der Waals surface area contributed by atoms with Gasteiger partial charge in [-0.3, -0.25) is 13.9 Å². The van der Waals surface area contributed by atoms with Gasteiger partial charge >= 0.3 is 0 Å². The first-order chi connectivity index (χ1) is 17.7. The topological polar surface area (TPSA) is 108 Å². The van der Waals surface area contributed by atoms with E-state index in [9.17, 15) is 13.2 Å². The minimum Gasteiger partial charge on any atom is -0.496 e. The van der Waals surface area contributed by atoms with Crippen molar-refractivity contribution in [1.82, 2.24) is 0 Å². The molecule has 0 radical (unpaired) electrons. The molecule has 0 aliphatic carbocycles. The van der Waals surface area contributed by atoms with Gasteiger partial charge in [-0.2, -0.15) is 8.42 Å². The van der Waals surface area contributed by atoms with E-state index in [0.717, 1.165) is 17.5 Å². The first-order valence-corrected chi connectivity index (χ1v) is 13.6. The number of nitrogens with two attached hydrogens (primary N) is 1. The van der Waals surface area contributed by atoms with Gasteiger partial charge in [0.05, 0.1) is 30.8 Å². The molecule has 10 heteroatoms. The van der Waals surface area contributed by atoms with Gasteiger partial charge in [-0.05, 0) is 74.2 Å². The first kappa shape index (κ1) is 26.9. The fraction of sp³-hybridized carbons (Fsp3) is 0.296. The molecule has 1 aliphatic rings. The van der Waals surface area contributed by atoms with Gasteiger partial charge in [0.15, 0.2) is 0 Å². The Labute approximate surface area is 222 Å². The zero-order valence-electron chi connectivity index (χ0n) is 20.6. The molecule has 1 amide bonds. The predicted molar refractivity (Wildman–Crippen MR) is 143 cm³/mol. The molecule has 0 saturated carbocycles. The van der Waals surface area contributed by atoms with E-state index in [1.165, 1.54) is 19.2 Å². The number of amides is 1. The molecule has 3 aromatic carbocycles. The highest BCUT2D eigenvalue weighted by Gasteiger charge is 2.32. The van der Waals surface area contributed by atoms with Crippen LogP contribution in [-0.2, 0) is 25.5 Å². The summed E-state index contributed by atoms with van der Waals surface area (Å²) in [4.78, 5) is 15.5. The number of ether oxygens (including phenoxy) is 2. The Morgan fingerprint density at radius 3 is 2.57 bits per heavy atom. The van der Waals surface area contributed by atoms with Crippen LogP contribution in [0.3, 0.4) is 0 Å². The monoisotopic (exact) mass is 544 g/mol. The van der Waals surface area contributed by atoms with Crippen molar-refractivity contribution in [3.63, 3.8) is 0 Å². The van der Waals surface area contributed by atoms with E-state index >= 15 is 0 Å². The van der Waals surface area contributed by atoms with Crippen molar-refractivity contribution in [1.29, 1.82) is 0 Å². The van der Waals surface area contributed by atoms with Crippen LogP contribution in [0.4, 0.5) is 11.4 Å². The lowest BCUT2D eigenvalue weighted by Gasteiger charge is -2.31. The molecule has 37 heavy (non-hydrogen) atoms. The highest BCUT2D eigenvalue weighted by atomic mass is 35.5. The third-order valence-corrected chi connectivity index (χ3v) is 7.66. The number of rotatable bonds is 8. The average Bonchev–Trinajstić information content (AvgIpc) is 3.05. The summed E-state index contributed by atoms with van der Waals surface area (Å²) in [7, 11) is -2.46. The molecule has 1 atom stereocenters. The second-order valence-electron chi connectivity index (χ2n) is 8.71. The Balaban J connectivity index is 1.56. The molecule has 0 saturated heterocycles. The minimum absolute atomic E-state index is 0.0403. The van der Waals surface area contributed by atoms with Gasteiger partial charge in [-0.25, -0.2) is 0 Å². The van der Waals surface area contributed by atoms with Crippen molar-refractivity contribution in [2.45, 2.75) is 37.3 Å². The molecular formula is C27H29ClN2O6S. The quantitative estimate of drug-likeness (QED) is 0.242. The third-order valence-electron chi connectivity index (χ3n) is 6.10. The lowest BCUT2D eigenvalue weighted by Crippen LogP contribution is -2.42. The van der Waals surface area contributed by atoms with Crippen molar-refractivity contribution in [2.24, 2.45) is 0 Å². The summed E-state index contributed by atoms with van der Waals surface area (Å²) in [6.07, 6.45) is 1.31. The largest absolute Gasteiger partial charge is 0.496 e. The lowest BCUT2D eigenvalue weighted by molar-refractivity contribution is 0.0267. The molecule has 2 N–H and O–H groups in total. The molecular weight excluding hydrogens is 516 g/mol. The smallest absolute Gasteiger partial charge is 0.297 e. The van der Waals surface area contributed by atoms with E-state index in [0.29, 0.717) is 40.6 Å². The number of carbonyl (C=O) groups is 1. The van der Waals surface area contributed by atoms with Crippen LogP contribution in [0.25, 0.3) is 0 Å². The summed E-state index contributed by atoms with van der Waals surface area (Å²) in [5.74, 6) is 0.0107. The first-order valence-electron chi connectivity index (χ1n) is 11.8. The molecule has 0 spiro atoms. The molecule has 1 unspecified atom stereocenters. The molecule has 0 bridgehead atoms. The second kappa shape index (κ2) is 11.5. The molecule has 1 heterocycles. The van der Waals surface area contributed by atoms with E-state index in [1.54, 1.807) is 47.4 Å². The van der Waals surface area contributed by atoms with Gasteiger partial charge in [0.1, 0.15) is 12.0 Å². The molecule has 0 fully saturated rings. The average molecular weight is 545 g/mol. The number of aryl methyl sites for hydroxylation is 2. The fourth-order valence-corrected chi connectivity index (χ4v) is 5.34. The van der Waals surface area contributed by atoms with E-state index < -0.39 is 16.3 Å². The Morgan fingerprint density at radius 2 is 1.84 bits per heavy atom. The molecule has 0 aromatic heterocycles. The van der Waals surface area contributed by atoms with Crippen LogP contribution >= 0.6 is 11.6 Å². The zero-order chi connectivity index (χ0) is 26.6. The Hall–Kier alpha value is -3.11. The summed E-state index contributed by atoms with van der Waals surface area (Å²) in [6.45, 7) is 1.63. The minimum atomic E-state index is -3.93. The number of carbonyl (C=O) groups excluding carboxylic acids is 1. The third kappa shape index (κ3) is 6.24. The van der Waals surface area contributed by atoms with Crippen LogP contribution in [0.1, 0.15) is 34.3 Å². The summed E-state index contributed by atoms with van der Waals surface area (Å²) in [5.41, 5.74) is 9.21. The van der Waals surface area contributed by atoms with Crippen molar-refractivity contribution in [2.75, 3.05) is 31.0 Å². The van der Waals surface area contributed by atoms with Crippen LogP contribution in [-0.4, -0.2) is 40.9 Å². The van der Waals surface area contributed by atoms with Gasteiger partial charge in [0.2, 0.25) is 0 Å². The number of nitrogens with zero attached hydrogens (tertiary/aromatic N) is 1. The number of hydrogen-bond donors (Lipinski definition) is 1. The molecule has 4 rings (SSSR count). The van der Waals surface area contributed by atoms with Crippen LogP contribution in [0.15, 0.2) is 65.6 Å². The second-order valence-corrected chi connectivity index (χ2v) is 10.8. The van der Waals surface area contributed by atoms with E-state index in [1.807, 2.05) is 13.0 Å². The van der Waals surface area contributed by atoms with Gasteiger partial charge in [-0.15, -0.1) is 0 Å². The summed E-state index contributed by atoms with van der Waals surface area (Å²) in [5, 5.41) is 0.574. The lowest BCUT2D eigenvalue weighted by atomic mass is 10.1. The molecule has 1 aliphatic heterocycles. The van der Waals surface area contributed by atoms with Crippen molar-refractivity contribution in [3.8, 4) is 5.75 Å². The van der Waals surface area contributed by atoms with Crippen molar-refractivity contribution >= 4 is 39.0 Å². The van der Waals surface area contributed by atoms with Gasteiger partial charge in [-0.1, -0.05) is 29.3 Å². The Morgan fingerprint density at radius 1 is 1.08 bits per heavy atom.